The zero-order valence-corrected chi connectivity index (χ0v) is 32.7. The van der Waals surface area contributed by atoms with E-state index in [4.69, 9.17) is 0 Å². The average Bonchev–Trinajstić information content (AvgIpc) is 2.89. The molecule has 3 atom stereocenters. The molecule has 0 heterocycles. The second kappa shape index (κ2) is 45.4. The predicted molar refractivity (Wildman–Crippen MR) is 169 cm³/mol. The summed E-state index contributed by atoms with van der Waals surface area (Å²) in [5.41, 5.74) is 0. The Morgan fingerprint density at radius 3 is 0.625 bits per heavy atom. The van der Waals surface area contributed by atoms with Gasteiger partial charge in [-0.2, -0.15) is 0 Å². The Kier molecular flexibility index (Phi) is 55.3. The number of hydrogen-bond acceptors (Lipinski definition) is 6. The summed E-state index contributed by atoms with van der Waals surface area (Å²) < 4.78 is 30.7. The first kappa shape index (κ1) is 48.8. The molecule has 3 unspecified atom stereocenters. The summed E-state index contributed by atoms with van der Waals surface area (Å²) in [4.78, 5) is 30.7. The Morgan fingerprint density at radius 2 is 0.475 bits per heavy atom. The molecule has 6 nitrogen and oxygen atoms in total. The molecule has 0 amide bonds. The van der Waals surface area contributed by atoms with Gasteiger partial charge in [0.05, 0.1) is 0 Å². The average molecular weight is 760 g/mol. The third kappa shape index (κ3) is 59.3. The minimum absolute atomic E-state index is 0. The van der Waals surface area contributed by atoms with Crippen LogP contribution in [0.4, 0.5) is 0 Å². The molecule has 0 N–H and O–H groups in total. The number of unbranched alkanes of at least 4 members (excludes halogenated alkanes) is 21. The number of rotatable bonds is 27. The molecule has 1 radical (unpaired) electrons. The molecule has 0 bridgehead atoms. The summed E-state index contributed by atoms with van der Waals surface area (Å²) in [6.45, 7) is 6.64. The van der Waals surface area contributed by atoms with Crippen molar-refractivity contribution in [1.82, 2.24) is 0 Å². The van der Waals surface area contributed by atoms with Gasteiger partial charge >= 0.3 is 40.8 Å². The van der Waals surface area contributed by atoms with Gasteiger partial charge in [0.2, 0.25) is 0 Å². The van der Waals surface area contributed by atoms with Crippen LogP contribution in [0.25, 0.3) is 0 Å². The maximum absolute atomic E-state index is 10.2. The summed E-state index contributed by atoms with van der Waals surface area (Å²) in [6.07, 6.45) is 30.5. The quantitative estimate of drug-likeness (QED) is 0.0610. The molecule has 0 saturated carbocycles. The summed E-state index contributed by atoms with van der Waals surface area (Å²) >= 11 is 0. The second-order valence-electron chi connectivity index (χ2n) is 10.8. The second-order valence-corrected chi connectivity index (χ2v) is 14.5. The summed E-state index contributed by atoms with van der Waals surface area (Å²) in [5, 5.41) is 0. The third-order valence-corrected chi connectivity index (χ3v) is 8.99. The maximum atomic E-state index is 10.2. The van der Waals surface area contributed by atoms with Crippen LogP contribution in [-0.4, -0.2) is 18.5 Å². The molecule has 0 spiro atoms. The van der Waals surface area contributed by atoms with Crippen LogP contribution in [0, 0.1) is 40.8 Å². The molecule has 0 aromatic heterocycles. The Bertz CT molecular complexity index is 456. The molecule has 241 valence electrons. The Balaban J connectivity index is -0.000000240. The van der Waals surface area contributed by atoms with Crippen LogP contribution in [0.5, 0.6) is 0 Å². The van der Waals surface area contributed by atoms with Crippen molar-refractivity contribution in [2.75, 3.05) is 18.5 Å². The molecular weight excluding hydrogens is 693 g/mol. The van der Waals surface area contributed by atoms with Crippen LogP contribution in [0.15, 0.2) is 0 Å². The fourth-order valence-electron chi connectivity index (χ4n) is 4.21. The molecular formula is C30H66NdO6P3. The van der Waals surface area contributed by atoms with Crippen LogP contribution in [0.2, 0.25) is 0 Å². The van der Waals surface area contributed by atoms with E-state index in [-0.39, 0.29) is 40.8 Å². The van der Waals surface area contributed by atoms with E-state index in [1.165, 1.54) is 116 Å². The van der Waals surface area contributed by atoms with Crippen LogP contribution in [0.3, 0.4) is 0 Å². The fourth-order valence-corrected chi connectivity index (χ4v) is 5.83. The van der Waals surface area contributed by atoms with E-state index in [1.807, 2.05) is 0 Å². The molecule has 10 heteroatoms. The molecule has 0 aliphatic heterocycles. The summed E-state index contributed by atoms with van der Waals surface area (Å²) in [7, 11) is -7.31. The monoisotopic (exact) mass is 757 g/mol. The normalized spacial score (nSPS) is 12.8. The fraction of sp³-hybridized carbons (Fsp3) is 1.00. The van der Waals surface area contributed by atoms with Crippen LogP contribution in [0.1, 0.15) is 175 Å². The van der Waals surface area contributed by atoms with Crippen molar-refractivity contribution in [3.8, 4) is 0 Å². The van der Waals surface area contributed by atoms with Crippen LogP contribution in [-0.2, 0) is 13.7 Å². The molecule has 0 fully saturated rings. The zero-order chi connectivity index (χ0) is 29.8. The number of hydrogen-bond donors (Lipinski definition) is 0. The van der Waals surface area contributed by atoms with Gasteiger partial charge in [0, 0.05) is 24.1 Å². The van der Waals surface area contributed by atoms with E-state index < -0.39 is 24.1 Å². The van der Waals surface area contributed by atoms with Crippen molar-refractivity contribution in [1.29, 1.82) is 0 Å². The first-order valence-electron chi connectivity index (χ1n) is 16.4. The van der Waals surface area contributed by atoms with Gasteiger partial charge in [0.25, 0.3) is 0 Å². The molecule has 0 aliphatic rings. The third-order valence-electron chi connectivity index (χ3n) is 6.70. The SMILES string of the molecule is CCCCCCCCCC[PH](=O)[O-].CCCCCCCCCC[PH](=O)[O-].CCCCCCCCCC[PH](=O)[O-].[Nd+3]. The largest absolute Gasteiger partial charge is 3.00 e. The van der Waals surface area contributed by atoms with E-state index in [0.29, 0.717) is 18.5 Å². The van der Waals surface area contributed by atoms with Crippen molar-refractivity contribution in [3.63, 3.8) is 0 Å². The molecule has 0 aromatic carbocycles. The minimum atomic E-state index is -2.44. The summed E-state index contributed by atoms with van der Waals surface area (Å²) in [5.74, 6) is 0. The van der Waals surface area contributed by atoms with Crippen molar-refractivity contribution in [3.05, 3.63) is 0 Å². The van der Waals surface area contributed by atoms with Gasteiger partial charge in [-0.25, -0.2) is 0 Å². The van der Waals surface area contributed by atoms with Gasteiger partial charge in [-0.3, -0.25) is 0 Å². The Labute approximate surface area is 284 Å². The van der Waals surface area contributed by atoms with E-state index in [2.05, 4.69) is 20.8 Å². The standard InChI is InChI=1S/3C10H23O2P.Nd/c3*1-2-3-4-5-6-7-8-9-10-13(11)12;/h3*13H,2-10H2,1H3,(H,11,12);/q;;;+3/p-3. The predicted octanol–water partition coefficient (Wildman–Crippen LogP) is 8.89. The van der Waals surface area contributed by atoms with Crippen molar-refractivity contribution < 1.29 is 69.2 Å². The van der Waals surface area contributed by atoms with Crippen molar-refractivity contribution in [2.24, 2.45) is 0 Å². The van der Waals surface area contributed by atoms with Gasteiger partial charge in [-0.1, -0.05) is 156 Å². The van der Waals surface area contributed by atoms with Crippen molar-refractivity contribution >= 4 is 24.1 Å². The first-order valence-corrected chi connectivity index (χ1v) is 21.0. The van der Waals surface area contributed by atoms with E-state index in [9.17, 15) is 28.4 Å². The minimum Gasteiger partial charge on any atom is -0.802 e. The molecule has 40 heavy (non-hydrogen) atoms. The molecule has 0 rings (SSSR count). The van der Waals surface area contributed by atoms with Crippen molar-refractivity contribution in [2.45, 2.75) is 175 Å². The molecule has 0 aliphatic carbocycles. The van der Waals surface area contributed by atoms with Gasteiger partial charge < -0.3 is 28.4 Å². The topological polar surface area (TPSA) is 120 Å². The molecule has 0 saturated heterocycles. The Morgan fingerprint density at radius 1 is 0.325 bits per heavy atom. The zero-order valence-electron chi connectivity index (χ0n) is 26.5. The van der Waals surface area contributed by atoms with E-state index >= 15 is 0 Å². The van der Waals surface area contributed by atoms with Gasteiger partial charge in [0.15, 0.2) is 0 Å². The van der Waals surface area contributed by atoms with Gasteiger partial charge in [0.1, 0.15) is 0 Å². The summed E-state index contributed by atoms with van der Waals surface area (Å²) in [6, 6.07) is 0. The van der Waals surface area contributed by atoms with E-state index in [0.717, 1.165) is 38.5 Å². The van der Waals surface area contributed by atoms with Crippen LogP contribution < -0.4 is 14.7 Å². The first-order chi connectivity index (χ1) is 18.8. The van der Waals surface area contributed by atoms with Gasteiger partial charge in [-0.15, -0.1) is 0 Å². The van der Waals surface area contributed by atoms with E-state index in [1.54, 1.807) is 0 Å². The van der Waals surface area contributed by atoms with Gasteiger partial charge in [-0.05, 0) is 37.7 Å². The van der Waals surface area contributed by atoms with Crippen LogP contribution >= 0.6 is 24.1 Å². The smallest absolute Gasteiger partial charge is 0.802 e. The maximum Gasteiger partial charge on any atom is 3.00 e. The Hall–Kier alpha value is 1.92. The molecule has 0 aromatic rings.